The van der Waals surface area contributed by atoms with Crippen LogP contribution in [0.25, 0.3) is 11.0 Å². The van der Waals surface area contributed by atoms with Crippen molar-refractivity contribution in [1.29, 1.82) is 0 Å². The van der Waals surface area contributed by atoms with Crippen molar-refractivity contribution >= 4 is 32.9 Å². The first kappa shape index (κ1) is 11.7. The van der Waals surface area contributed by atoms with Crippen LogP contribution in [0.2, 0.25) is 0 Å². The fraction of sp³-hybridized carbons (Fsp3) is 0.0909. The zero-order valence-corrected chi connectivity index (χ0v) is 10.2. The molecule has 0 N–H and O–H groups in total. The quantitative estimate of drug-likeness (QED) is 0.770. The molecule has 5 nitrogen and oxygen atoms in total. The van der Waals surface area contributed by atoms with Crippen molar-refractivity contribution in [2.45, 2.75) is 0 Å². The summed E-state index contributed by atoms with van der Waals surface area (Å²) in [6.45, 7) is 0. The van der Waals surface area contributed by atoms with Crippen molar-refractivity contribution in [3.63, 3.8) is 0 Å². The molecular weight excluding hydrogens is 292 g/mol. The van der Waals surface area contributed by atoms with Gasteiger partial charge in [-0.05, 0) is 18.2 Å². The van der Waals surface area contributed by atoms with Gasteiger partial charge in [-0.3, -0.25) is 0 Å². The number of methoxy groups -OCH3 is 1. The normalized spacial score (nSPS) is 10.5. The van der Waals surface area contributed by atoms with Crippen LogP contribution in [0.4, 0.5) is 0 Å². The molecule has 0 saturated heterocycles. The van der Waals surface area contributed by atoms with Gasteiger partial charge in [0.15, 0.2) is 11.3 Å². The van der Waals surface area contributed by atoms with E-state index in [1.807, 2.05) is 0 Å². The number of hydrogen-bond acceptors (Lipinski definition) is 5. The molecule has 1 aromatic heterocycles. The maximum Gasteiger partial charge on any atom is 0.345 e. The number of halogens is 1. The molecule has 6 heteroatoms. The third kappa shape index (κ3) is 2.03. The Morgan fingerprint density at radius 1 is 1.41 bits per heavy atom. The van der Waals surface area contributed by atoms with Crippen LogP contribution in [0.15, 0.2) is 31.9 Å². The van der Waals surface area contributed by atoms with Crippen LogP contribution in [0, 0.1) is 0 Å². The van der Waals surface area contributed by atoms with E-state index in [9.17, 15) is 14.7 Å². The van der Waals surface area contributed by atoms with Crippen LogP contribution in [0.5, 0.6) is 5.75 Å². The standard InChI is InChI=1S/C11H7BrO5/c1-16-8-4-6(12)2-5-3-7(10(13)14)11(15)17-9(5)8/h2-4H,1H3,(H,13,14)/p-1. The second-order valence-corrected chi connectivity index (χ2v) is 4.18. The Kier molecular flexibility index (Phi) is 2.89. The van der Waals surface area contributed by atoms with E-state index in [-0.39, 0.29) is 5.58 Å². The lowest BCUT2D eigenvalue weighted by Crippen LogP contribution is -2.28. The summed E-state index contributed by atoms with van der Waals surface area (Å²) >= 11 is 3.24. The van der Waals surface area contributed by atoms with Gasteiger partial charge < -0.3 is 19.1 Å². The van der Waals surface area contributed by atoms with Gasteiger partial charge in [0.2, 0.25) is 0 Å². The van der Waals surface area contributed by atoms with E-state index in [1.165, 1.54) is 13.2 Å². The third-order valence-electron chi connectivity index (χ3n) is 2.20. The van der Waals surface area contributed by atoms with Gasteiger partial charge in [-0.1, -0.05) is 15.9 Å². The first-order valence-corrected chi connectivity index (χ1v) is 5.35. The predicted molar refractivity (Wildman–Crippen MR) is 61.1 cm³/mol. The minimum Gasteiger partial charge on any atom is -0.545 e. The smallest absolute Gasteiger partial charge is 0.345 e. The van der Waals surface area contributed by atoms with Crippen molar-refractivity contribution in [3.05, 3.63) is 38.7 Å². The second kappa shape index (κ2) is 4.21. The molecule has 1 heterocycles. The number of carboxylic acids is 1. The van der Waals surface area contributed by atoms with Gasteiger partial charge in [-0.2, -0.15) is 0 Å². The van der Waals surface area contributed by atoms with Gasteiger partial charge in [-0.15, -0.1) is 0 Å². The summed E-state index contributed by atoms with van der Waals surface area (Å²) in [6, 6.07) is 4.43. The van der Waals surface area contributed by atoms with E-state index in [4.69, 9.17) is 9.15 Å². The first-order chi connectivity index (χ1) is 8.02. The highest BCUT2D eigenvalue weighted by Crippen LogP contribution is 2.29. The van der Waals surface area contributed by atoms with Crippen LogP contribution in [0.1, 0.15) is 10.4 Å². The molecule has 0 aliphatic rings. The first-order valence-electron chi connectivity index (χ1n) is 4.55. The van der Waals surface area contributed by atoms with Crippen molar-refractivity contribution < 1.29 is 19.1 Å². The van der Waals surface area contributed by atoms with Gasteiger partial charge in [0, 0.05) is 9.86 Å². The molecule has 0 aliphatic carbocycles. The van der Waals surface area contributed by atoms with Gasteiger partial charge in [0.1, 0.15) is 0 Å². The largest absolute Gasteiger partial charge is 0.545 e. The summed E-state index contributed by atoms with van der Waals surface area (Å²) in [6.07, 6.45) is 0. The Balaban J connectivity index is 2.87. The monoisotopic (exact) mass is 297 g/mol. The molecule has 0 atom stereocenters. The highest BCUT2D eigenvalue weighted by molar-refractivity contribution is 9.10. The van der Waals surface area contributed by atoms with Crippen molar-refractivity contribution in [3.8, 4) is 5.75 Å². The molecule has 88 valence electrons. The minimum atomic E-state index is -1.57. The number of hydrogen-bond donors (Lipinski definition) is 0. The number of benzene rings is 1. The highest BCUT2D eigenvalue weighted by atomic mass is 79.9. The van der Waals surface area contributed by atoms with Gasteiger partial charge in [0.05, 0.1) is 18.6 Å². The number of carboxylic acid groups (broad SMARTS) is 1. The third-order valence-corrected chi connectivity index (χ3v) is 2.66. The Bertz CT molecular complexity index is 659. The molecule has 1 aromatic carbocycles. The Labute approximate surface area is 104 Å². The van der Waals surface area contributed by atoms with Crippen LogP contribution in [0.3, 0.4) is 0 Å². The summed E-state index contributed by atoms with van der Waals surface area (Å²) in [5.41, 5.74) is -1.28. The van der Waals surface area contributed by atoms with Gasteiger partial charge in [0.25, 0.3) is 0 Å². The molecule has 2 rings (SSSR count). The van der Waals surface area contributed by atoms with Crippen LogP contribution in [-0.4, -0.2) is 13.1 Å². The Morgan fingerprint density at radius 2 is 2.12 bits per heavy atom. The van der Waals surface area contributed by atoms with Crippen molar-refractivity contribution in [1.82, 2.24) is 0 Å². The van der Waals surface area contributed by atoms with E-state index in [0.717, 1.165) is 0 Å². The van der Waals surface area contributed by atoms with E-state index in [2.05, 4.69) is 15.9 Å². The SMILES string of the molecule is COc1cc(Br)cc2cc(C(=O)[O-])c(=O)oc12. The van der Waals surface area contributed by atoms with Crippen LogP contribution < -0.4 is 15.5 Å². The van der Waals surface area contributed by atoms with Crippen molar-refractivity contribution in [2.24, 2.45) is 0 Å². The summed E-state index contributed by atoms with van der Waals surface area (Å²) < 4.78 is 10.6. The van der Waals surface area contributed by atoms with Gasteiger partial charge in [-0.25, -0.2) is 4.79 Å². The lowest BCUT2D eigenvalue weighted by molar-refractivity contribution is -0.255. The average Bonchev–Trinajstić information content (AvgIpc) is 2.27. The maximum atomic E-state index is 11.4. The van der Waals surface area contributed by atoms with E-state index >= 15 is 0 Å². The van der Waals surface area contributed by atoms with Crippen LogP contribution >= 0.6 is 15.9 Å². The number of aromatic carboxylic acids is 1. The lowest BCUT2D eigenvalue weighted by atomic mass is 10.2. The Morgan fingerprint density at radius 3 is 2.71 bits per heavy atom. The van der Waals surface area contributed by atoms with E-state index in [1.54, 1.807) is 12.1 Å². The average molecular weight is 298 g/mol. The van der Waals surface area contributed by atoms with Crippen molar-refractivity contribution in [2.75, 3.05) is 7.11 Å². The minimum absolute atomic E-state index is 0.200. The summed E-state index contributed by atoms with van der Waals surface area (Å²) in [5.74, 6) is -1.23. The summed E-state index contributed by atoms with van der Waals surface area (Å²) in [4.78, 5) is 22.1. The molecule has 17 heavy (non-hydrogen) atoms. The lowest BCUT2D eigenvalue weighted by Gasteiger charge is -2.07. The number of carbonyl (C=O) groups excluding carboxylic acids is 1. The zero-order chi connectivity index (χ0) is 12.6. The molecule has 0 saturated carbocycles. The predicted octanol–water partition coefficient (Wildman–Crippen LogP) is 0.928. The fourth-order valence-electron chi connectivity index (χ4n) is 1.46. The fourth-order valence-corrected chi connectivity index (χ4v) is 1.92. The molecule has 0 fully saturated rings. The molecule has 0 amide bonds. The number of fused-ring (bicyclic) bond motifs is 1. The molecule has 0 unspecified atom stereocenters. The molecule has 0 spiro atoms. The molecule has 2 aromatic rings. The van der Waals surface area contributed by atoms with E-state index < -0.39 is 17.2 Å². The van der Waals surface area contributed by atoms with E-state index in [0.29, 0.717) is 15.6 Å². The molecule has 0 radical (unpaired) electrons. The second-order valence-electron chi connectivity index (χ2n) is 3.26. The maximum absolute atomic E-state index is 11.4. The molecular formula is C11H6BrO5-. The molecule has 0 aliphatic heterocycles. The van der Waals surface area contributed by atoms with Gasteiger partial charge >= 0.3 is 5.63 Å². The number of rotatable bonds is 2. The molecule has 0 bridgehead atoms. The summed E-state index contributed by atoms with van der Waals surface area (Å²) in [7, 11) is 1.42. The topological polar surface area (TPSA) is 79.6 Å². The number of carbonyl (C=O) groups is 1. The summed E-state index contributed by atoms with van der Waals surface area (Å²) in [5, 5.41) is 11.1. The zero-order valence-electron chi connectivity index (χ0n) is 8.65. The number of ether oxygens (including phenoxy) is 1. The Hall–Kier alpha value is -1.82. The highest BCUT2D eigenvalue weighted by Gasteiger charge is 2.11. The van der Waals surface area contributed by atoms with Crippen LogP contribution in [-0.2, 0) is 0 Å².